The van der Waals surface area contributed by atoms with E-state index in [1.54, 1.807) is 4.90 Å². The number of amides is 2. The number of hydrogen-bond acceptors (Lipinski definition) is 5. The van der Waals surface area contributed by atoms with Gasteiger partial charge in [0.25, 0.3) is 0 Å². The number of piperazine rings is 1. The standard InChI is InChI=1S/C13H23N3O4/c17-8-7-15-3-5-16(6-4-15)13(19)12(18)14-10-11-2-1-9-20-11/h11,17H,1-10H2,(H,14,18). The van der Waals surface area contributed by atoms with Gasteiger partial charge in [-0.3, -0.25) is 14.5 Å². The predicted octanol–water partition coefficient (Wildman–Crippen LogP) is -1.58. The minimum Gasteiger partial charge on any atom is -0.395 e. The average molecular weight is 285 g/mol. The number of ether oxygens (including phenoxy) is 1. The summed E-state index contributed by atoms with van der Waals surface area (Å²) in [5.74, 6) is -1.01. The maximum atomic E-state index is 12.0. The van der Waals surface area contributed by atoms with Crippen LogP contribution >= 0.6 is 0 Å². The summed E-state index contributed by atoms with van der Waals surface area (Å²) >= 11 is 0. The maximum Gasteiger partial charge on any atom is 0.311 e. The third kappa shape index (κ3) is 4.16. The van der Waals surface area contributed by atoms with Gasteiger partial charge in [0.05, 0.1) is 12.7 Å². The Hall–Kier alpha value is -1.18. The Labute approximate surface area is 118 Å². The first-order valence-electron chi connectivity index (χ1n) is 7.22. The molecule has 0 radical (unpaired) electrons. The van der Waals surface area contributed by atoms with E-state index in [4.69, 9.17) is 9.84 Å². The molecule has 0 bridgehead atoms. The van der Waals surface area contributed by atoms with Crippen LogP contribution in [0.25, 0.3) is 0 Å². The SMILES string of the molecule is O=C(NCC1CCCO1)C(=O)N1CCN(CCO)CC1. The molecule has 7 heteroatoms. The molecule has 0 aliphatic carbocycles. The van der Waals surface area contributed by atoms with Crippen LogP contribution in [0.1, 0.15) is 12.8 Å². The normalized spacial score (nSPS) is 23.9. The lowest BCUT2D eigenvalue weighted by Gasteiger charge is -2.33. The summed E-state index contributed by atoms with van der Waals surface area (Å²) in [7, 11) is 0. The molecule has 7 nitrogen and oxygen atoms in total. The Bertz CT molecular complexity index is 337. The zero-order valence-electron chi connectivity index (χ0n) is 11.7. The molecule has 0 aromatic heterocycles. The van der Waals surface area contributed by atoms with Crippen LogP contribution in [0.3, 0.4) is 0 Å². The molecule has 2 rings (SSSR count). The molecule has 2 heterocycles. The van der Waals surface area contributed by atoms with Gasteiger partial charge in [-0.1, -0.05) is 0 Å². The van der Waals surface area contributed by atoms with Gasteiger partial charge in [0, 0.05) is 45.9 Å². The fraction of sp³-hybridized carbons (Fsp3) is 0.846. The molecule has 2 aliphatic heterocycles. The summed E-state index contributed by atoms with van der Waals surface area (Å²) in [5, 5.41) is 11.5. The van der Waals surface area contributed by atoms with Crippen LogP contribution in [-0.4, -0.2) is 85.3 Å². The Balaban J connectivity index is 1.69. The predicted molar refractivity (Wildman–Crippen MR) is 72.1 cm³/mol. The van der Waals surface area contributed by atoms with Crippen molar-refractivity contribution in [1.82, 2.24) is 15.1 Å². The maximum absolute atomic E-state index is 12.0. The van der Waals surface area contributed by atoms with Crippen molar-refractivity contribution in [2.75, 3.05) is 52.5 Å². The molecule has 0 saturated carbocycles. The fourth-order valence-corrected chi connectivity index (χ4v) is 2.55. The summed E-state index contributed by atoms with van der Waals surface area (Å²) < 4.78 is 5.40. The van der Waals surface area contributed by atoms with Gasteiger partial charge in [-0.25, -0.2) is 0 Å². The molecule has 2 aliphatic rings. The van der Waals surface area contributed by atoms with Crippen molar-refractivity contribution in [3.05, 3.63) is 0 Å². The van der Waals surface area contributed by atoms with E-state index >= 15 is 0 Å². The van der Waals surface area contributed by atoms with Gasteiger partial charge in [0.15, 0.2) is 0 Å². The fourth-order valence-electron chi connectivity index (χ4n) is 2.55. The molecule has 2 amide bonds. The van der Waals surface area contributed by atoms with Crippen molar-refractivity contribution in [3.8, 4) is 0 Å². The number of hydrogen-bond donors (Lipinski definition) is 2. The zero-order chi connectivity index (χ0) is 14.4. The number of aliphatic hydroxyl groups is 1. The Morgan fingerprint density at radius 1 is 1.25 bits per heavy atom. The molecule has 1 atom stereocenters. The highest BCUT2D eigenvalue weighted by molar-refractivity contribution is 6.35. The topological polar surface area (TPSA) is 82.1 Å². The number of β-amino-alcohol motifs (C(OH)–C–C–N with tert-alkyl or cyclic N) is 1. The summed E-state index contributed by atoms with van der Waals surface area (Å²) in [4.78, 5) is 27.4. The van der Waals surface area contributed by atoms with Gasteiger partial charge in [-0.2, -0.15) is 0 Å². The smallest absolute Gasteiger partial charge is 0.311 e. The van der Waals surface area contributed by atoms with Crippen molar-refractivity contribution in [2.24, 2.45) is 0 Å². The second-order valence-electron chi connectivity index (χ2n) is 5.20. The van der Waals surface area contributed by atoms with Crippen LogP contribution in [0.15, 0.2) is 0 Å². The molecular formula is C13H23N3O4. The minimum atomic E-state index is -0.545. The summed E-state index contributed by atoms with van der Waals surface area (Å²) in [6.07, 6.45) is 2.00. The van der Waals surface area contributed by atoms with E-state index in [1.807, 2.05) is 0 Å². The van der Waals surface area contributed by atoms with E-state index < -0.39 is 11.8 Å². The summed E-state index contributed by atoms with van der Waals surface area (Å²) in [6, 6.07) is 0. The highest BCUT2D eigenvalue weighted by Crippen LogP contribution is 2.10. The molecule has 0 spiro atoms. The van der Waals surface area contributed by atoms with Crippen LogP contribution in [0.2, 0.25) is 0 Å². The van der Waals surface area contributed by atoms with Crippen LogP contribution < -0.4 is 5.32 Å². The molecule has 2 N–H and O–H groups in total. The van der Waals surface area contributed by atoms with Crippen LogP contribution in [0.5, 0.6) is 0 Å². The second kappa shape index (κ2) is 7.56. The van der Waals surface area contributed by atoms with E-state index in [9.17, 15) is 9.59 Å². The first-order chi connectivity index (χ1) is 9.70. The first-order valence-corrected chi connectivity index (χ1v) is 7.22. The largest absolute Gasteiger partial charge is 0.395 e. The summed E-state index contributed by atoms with van der Waals surface area (Å²) in [6.45, 7) is 4.36. The van der Waals surface area contributed by atoms with Crippen molar-refractivity contribution < 1.29 is 19.4 Å². The molecule has 0 aromatic rings. The highest BCUT2D eigenvalue weighted by Gasteiger charge is 2.26. The minimum absolute atomic E-state index is 0.0492. The second-order valence-corrected chi connectivity index (χ2v) is 5.20. The lowest BCUT2D eigenvalue weighted by atomic mass is 10.2. The van der Waals surface area contributed by atoms with Crippen LogP contribution in [-0.2, 0) is 14.3 Å². The van der Waals surface area contributed by atoms with E-state index in [2.05, 4.69) is 10.2 Å². The molecule has 2 saturated heterocycles. The van der Waals surface area contributed by atoms with Crippen molar-refractivity contribution in [3.63, 3.8) is 0 Å². The monoisotopic (exact) mass is 285 g/mol. The molecule has 1 unspecified atom stereocenters. The van der Waals surface area contributed by atoms with Gasteiger partial charge in [0.2, 0.25) is 0 Å². The Morgan fingerprint density at radius 3 is 2.60 bits per heavy atom. The van der Waals surface area contributed by atoms with Crippen LogP contribution in [0, 0.1) is 0 Å². The lowest BCUT2D eigenvalue weighted by Crippen LogP contribution is -2.53. The van der Waals surface area contributed by atoms with Gasteiger partial charge < -0.3 is 20.1 Å². The third-order valence-corrected chi connectivity index (χ3v) is 3.78. The number of carbonyl (C=O) groups is 2. The lowest BCUT2D eigenvalue weighted by molar-refractivity contribution is -0.147. The molecule has 114 valence electrons. The van der Waals surface area contributed by atoms with Gasteiger partial charge in [-0.05, 0) is 12.8 Å². The Morgan fingerprint density at radius 2 is 2.00 bits per heavy atom. The third-order valence-electron chi connectivity index (χ3n) is 3.78. The number of aliphatic hydroxyl groups excluding tert-OH is 1. The van der Waals surface area contributed by atoms with Gasteiger partial charge >= 0.3 is 11.8 Å². The van der Waals surface area contributed by atoms with Crippen molar-refractivity contribution in [2.45, 2.75) is 18.9 Å². The van der Waals surface area contributed by atoms with E-state index in [-0.39, 0.29) is 12.7 Å². The van der Waals surface area contributed by atoms with Crippen molar-refractivity contribution >= 4 is 11.8 Å². The number of nitrogens with zero attached hydrogens (tertiary/aromatic N) is 2. The molecule has 0 aromatic carbocycles. The highest BCUT2D eigenvalue weighted by atomic mass is 16.5. The van der Waals surface area contributed by atoms with Gasteiger partial charge in [0.1, 0.15) is 0 Å². The number of carbonyl (C=O) groups excluding carboxylic acids is 2. The molecule has 20 heavy (non-hydrogen) atoms. The van der Waals surface area contributed by atoms with Gasteiger partial charge in [-0.15, -0.1) is 0 Å². The Kier molecular flexibility index (Phi) is 5.75. The van der Waals surface area contributed by atoms with E-state index in [0.717, 1.165) is 19.4 Å². The molecular weight excluding hydrogens is 262 g/mol. The quantitative estimate of drug-likeness (QED) is 0.609. The number of nitrogens with one attached hydrogen (secondary N) is 1. The molecule has 2 fully saturated rings. The van der Waals surface area contributed by atoms with Crippen LogP contribution in [0.4, 0.5) is 0 Å². The van der Waals surface area contributed by atoms with E-state index in [1.165, 1.54) is 0 Å². The average Bonchev–Trinajstić information content (AvgIpc) is 2.98. The first kappa shape index (κ1) is 15.2. The summed E-state index contributed by atoms with van der Waals surface area (Å²) in [5.41, 5.74) is 0. The number of rotatable bonds is 4. The zero-order valence-corrected chi connectivity index (χ0v) is 11.7. The van der Waals surface area contributed by atoms with Crippen molar-refractivity contribution in [1.29, 1.82) is 0 Å². The van der Waals surface area contributed by atoms with E-state index in [0.29, 0.717) is 39.3 Å².